The largest absolute Gasteiger partial charge is 0.374 e. The van der Waals surface area contributed by atoms with Crippen LogP contribution in [0.4, 0.5) is 0 Å². The maximum absolute atomic E-state index is 11.2. The molecule has 0 aromatic heterocycles. The van der Waals surface area contributed by atoms with Crippen molar-refractivity contribution in [1.82, 2.24) is 10.1 Å². The van der Waals surface area contributed by atoms with E-state index < -0.39 is 0 Å². The molecule has 0 radical (unpaired) electrons. The summed E-state index contributed by atoms with van der Waals surface area (Å²) in [6.07, 6.45) is 9.34. The SMILES string of the molecule is CCCCC(C)(CCCOC1COCCO1)C(C1CC(C)(C)N(O)C(C)(C)C1)C1CC(C)(C)N(O)C(C)(C)C1. The lowest BCUT2D eigenvalue weighted by Crippen LogP contribution is -2.63. The van der Waals surface area contributed by atoms with Crippen molar-refractivity contribution in [2.45, 2.75) is 155 Å². The minimum Gasteiger partial charge on any atom is -0.374 e. The molecular formula is C32H62N2O5. The molecule has 0 bridgehead atoms. The van der Waals surface area contributed by atoms with Crippen LogP contribution in [0.25, 0.3) is 0 Å². The van der Waals surface area contributed by atoms with Gasteiger partial charge in [0, 0.05) is 28.8 Å². The van der Waals surface area contributed by atoms with Crippen molar-refractivity contribution in [3.05, 3.63) is 0 Å². The van der Waals surface area contributed by atoms with Gasteiger partial charge in [0.25, 0.3) is 0 Å². The van der Waals surface area contributed by atoms with Crippen LogP contribution in [0.2, 0.25) is 0 Å². The molecule has 3 aliphatic heterocycles. The van der Waals surface area contributed by atoms with E-state index >= 15 is 0 Å². The van der Waals surface area contributed by atoms with E-state index in [-0.39, 0.29) is 33.9 Å². The Hall–Kier alpha value is -0.280. The van der Waals surface area contributed by atoms with E-state index in [1.165, 1.54) is 19.3 Å². The molecule has 230 valence electrons. The van der Waals surface area contributed by atoms with Crippen molar-refractivity contribution >= 4 is 0 Å². The van der Waals surface area contributed by atoms with Crippen LogP contribution in [-0.2, 0) is 14.2 Å². The molecule has 39 heavy (non-hydrogen) atoms. The number of hydroxylamine groups is 4. The Bertz CT molecular complexity index is 701. The summed E-state index contributed by atoms with van der Waals surface area (Å²) in [7, 11) is 0. The Kier molecular flexibility index (Phi) is 10.7. The fraction of sp³-hybridized carbons (Fsp3) is 1.00. The van der Waals surface area contributed by atoms with E-state index in [1.54, 1.807) is 10.1 Å². The Morgan fingerprint density at radius 3 is 1.67 bits per heavy atom. The number of unbranched alkanes of at least 4 members (excludes halogenated alkanes) is 1. The van der Waals surface area contributed by atoms with Crippen molar-refractivity contribution in [1.29, 1.82) is 0 Å². The van der Waals surface area contributed by atoms with Crippen molar-refractivity contribution in [2.24, 2.45) is 23.2 Å². The molecule has 7 nitrogen and oxygen atoms in total. The van der Waals surface area contributed by atoms with Gasteiger partial charge in [-0.05, 0) is 124 Å². The lowest BCUT2D eigenvalue weighted by Gasteiger charge is -2.60. The lowest BCUT2D eigenvalue weighted by atomic mass is 9.53. The minimum absolute atomic E-state index is 0.131. The highest BCUT2D eigenvalue weighted by atomic mass is 16.7. The minimum atomic E-state index is -0.291. The predicted molar refractivity (Wildman–Crippen MR) is 156 cm³/mol. The van der Waals surface area contributed by atoms with Crippen LogP contribution in [-0.4, -0.2) is 75.4 Å². The Labute approximate surface area is 239 Å². The van der Waals surface area contributed by atoms with Gasteiger partial charge in [0.15, 0.2) is 6.29 Å². The van der Waals surface area contributed by atoms with Gasteiger partial charge in [-0.25, -0.2) is 0 Å². The quantitative estimate of drug-likeness (QED) is 0.260. The van der Waals surface area contributed by atoms with E-state index in [0.29, 0.717) is 44.2 Å². The van der Waals surface area contributed by atoms with Crippen LogP contribution in [0.15, 0.2) is 0 Å². The first kappa shape index (κ1) is 33.2. The average Bonchev–Trinajstić information content (AvgIpc) is 2.82. The molecule has 3 saturated heterocycles. The molecule has 0 saturated carbocycles. The van der Waals surface area contributed by atoms with Gasteiger partial charge in [-0.15, -0.1) is 0 Å². The third-order valence-corrected chi connectivity index (χ3v) is 10.2. The fourth-order valence-corrected chi connectivity index (χ4v) is 9.02. The summed E-state index contributed by atoms with van der Waals surface area (Å²) in [5.74, 6) is 1.45. The summed E-state index contributed by atoms with van der Waals surface area (Å²) in [5, 5.41) is 25.6. The zero-order valence-electron chi connectivity index (χ0n) is 27.0. The molecule has 3 heterocycles. The molecule has 0 aromatic rings. The molecule has 0 aliphatic carbocycles. The van der Waals surface area contributed by atoms with E-state index in [4.69, 9.17) is 14.2 Å². The number of ether oxygens (including phenoxy) is 3. The van der Waals surface area contributed by atoms with Crippen LogP contribution < -0.4 is 0 Å². The number of piperidine rings is 2. The van der Waals surface area contributed by atoms with Gasteiger partial charge >= 0.3 is 0 Å². The Morgan fingerprint density at radius 2 is 1.26 bits per heavy atom. The van der Waals surface area contributed by atoms with Crippen LogP contribution in [0.3, 0.4) is 0 Å². The van der Waals surface area contributed by atoms with Crippen molar-refractivity contribution in [2.75, 3.05) is 26.4 Å². The molecule has 0 spiro atoms. The van der Waals surface area contributed by atoms with Gasteiger partial charge in [0.1, 0.15) is 0 Å². The normalized spacial score (nSPS) is 29.9. The first-order valence-corrected chi connectivity index (χ1v) is 15.7. The van der Waals surface area contributed by atoms with Gasteiger partial charge in [-0.3, -0.25) is 0 Å². The van der Waals surface area contributed by atoms with Gasteiger partial charge in [-0.2, -0.15) is 10.1 Å². The Balaban J connectivity index is 1.94. The lowest BCUT2D eigenvalue weighted by molar-refractivity contribution is -0.272. The number of hydrogen-bond acceptors (Lipinski definition) is 7. The first-order chi connectivity index (χ1) is 18.0. The van der Waals surface area contributed by atoms with Gasteiger partial charge in [-0.1, -0.05) is 26.7 Å². The second kappa shape index (κ2) is 12.5. The summed E-state index contributed by atoms with van der Waals surface area (Å²) in [6, 6.07) is 0. The molecule has 2 atom stereocenters. The van der Waals surface area contributed by atoms with Gasteiger partial charge < -0.3 is 24.6 Å². The Morgan fingerprint density at radius 1 is 0.795 bits per heavy atom. The molecule has 3 aliphatic rings. The van der Waals surface area contributed by atoms with E-state index in [0.717, 1.165) is 38.5 Å². The maximum Gasteiger partial charge on any atom is 0.180 e. The zero-order chi connectivity index (χ0) is 29.3. The van der Waals surface area contributed by atoms with Crippen molar-refractivity contribution < 1.29 is 24.6 Å². The maximum atomic E-state index is 11.2. The summed E-state index contributed by atoms with van der Waals surface area (Å²) in [4.78, 5) is 0. The topological polar surface area (TPSA) is 74.6 Å². The van der Waals surface area contributed by atoms with Gasteiger partial charge in [0.2, 0.25) is 0 Å². The molecule has 3 fully saturated rings. The van der Waals surface area contributed by atoms with Crippen LogP contribution >= 0.6 is 0 Å². The smallest absolute Gasteiger partial charge is 0.180 e. The molecular weight excluding hydrogens is 492 g/mol. The van der Waals surface area contributed by atoms with E-state index in [1.807, 2.05) is 0 Å². The zero-order valence-corrected chi connectivity index (χ0v) is 27.0. The average molecular weight is 555 g/mol. The first-order valence-electron chi connectivity index (χ1n) is 15.7. The second-order valence-electron chi connectivity index (χ2n) is 15.8. The molecule has 2 unspecified atom stereocenters. The fourth-order valence-electron chi connectivity index (χ4n) is 9.02. The summed E-state index contributed by atoms with van der Waals surface area (Å²) >= 11 is 0. The van der Waals surface area contributed by atoms with E-state index in [2.05, 4.69) is 69.2 Å². The predicted octanol–water partition coefficient (Wildman–Crippen LogP) is 7.29. The third-order valence-electron chi connectivity index (χ3n) is 10.2. The highest BCUT2D eigenvalue weighted by Gasteiger charge is 2.55. The standard InChI is InChI=1S/C32H62N2O5/c1-11-12-14-32(10,15-13-16-38-26-23-37-17-18-39-26)27(24-19-28(2,3)33(35)29(4,5)20-24)25-21-30(6,7)34(36)31(8,9)22-25/h24-27,35-36H,11-23H2,1-10H3. The van der Waals surface area contributed by atoms with Gasteiger partial charge in [0.05, 0.1) is 19.8 Å². The summed E-state index contributed by atoms with van der Waals surface area (Å²) in [5.41, 5.74) is -1.03. The van der Waals surface area contributed by atoms with Crippen LogP contribution in [0.1, 0.15) is 127 Å². The third kappa shape index (κ3) is 7.77. The number of hydrogen-bond donors (Lipinski definition) is 2. The molecule has 0 amide bonds. The summed E-state index contributed by atoms with van der Waals surface area (Å²) < 4.78 is 17.3. The van der Waals surface area contributed by atoms with Crippen LogP contribution in [0, 0.1) is 23.2 Å². The monoisotopic (exact) mass is 554 g/mol. The highest BCUT2D eigenvalue weighted by molar-refractivity contribution is 5.06. The van der Waals surface area contributed by atoms with Crippen molar-refractivity contribution in [3.8, 4) is 0 Å². The molecule has 3 rings (SSSR count). The number of nitrogens with zero attached hydrogens (tertiary/aromatic N) is 2. The number of rotatable bonds is 11. The molecule has 2 N–H and O–H groups in total. The second-order valence-corrected chi connectivity index (χ2v) is 15.8. The van der Waals surface area contributed by atoms with Crippen molar-refractivity contribution in [3.63, 3.8) is 0 Å². The van der Waals surface area contributed by atoms with Crippen LogP contribution in [0.5, 0.6) is 0 Å². The molecule has 0 aromatic carbocycles. The van der Waals surface area contributed by atoms with E-state index in [9.17, 15) is 10.4 Å². The highest BCUT2D eigenvalue weighted by Crippen LogP contribution is 2.57. The molecule has 7 heteroatoms. The summed E-state index contributed by atoms with van der Waals surface area (Å²) in [6.45, 7) is 24.9.